The highest BCUT2D eigenvalue weighted by molar-refractivity contribution is 7.91. The number of nitrogens with zero attached hydrogens (tertiary/aromatic N) is 1. The molecule has 1 N–H and O–H groups in total. The Bertz CT molecular complexity index is 698. The van der Waals surface area contributed by atoms with Gasteiger partial charge < -0.3 is 14.7 Å². The van der Waals surface area contributed by atoms with Crippen molar-refractivity contribution in [2.75, 3.05) is 26.0 Å². The maximum atomic E-state index is 12.5. The maximum Gasteiger partial charge on any atom is 0.326 e. The first-order valence-electron chi connectivity index (χ1n) is 7.72. The van der Waals surface area contributed by atoms with Crippen molar-refractivity contribution in [2.24, 2.45) is 0 Å². The van der Waals surface area contributed by atoms with Crippen molar-refractivity contribution in [2.45, 2.75) is 30.2 Å². The Kier molecular flexibility index (Phi) is 5.95. The zero-order valence-electron chi connectivity index (χ0n) is 13.5. The summed E-state index contributed by atoms with van der Waals surface area (Å²) in [4.78, 5) is 25.3. The number of methoxy groups -OCH3 is 1. The number of rotatable bonds is 6. The predicted molar refractivity (Wildman–Crippen MR) is 86.7 cm³/mol. The van der Waals surface area contributed by atoms with Crippen LogP contribution in [-0.2, 0) is 19.4 Å². The van der Waals surface area contributed by atoms with Crippen LogP contribution in [0.1, 0.15) is 29.6 Å². The average molecular weight is 355 g/mol. The summed E-state index contributed by atoms with van der Waals surface area (Å²) >= 11 is 0. The van der Waals surface area contributed by atoms with E-state index in [1.54, 1.807) is 0 Å². The number of carboxylic acids is 1. The van der Waals surface area contributed by atoms with Crippen molar-refractivity contribution in [1.29, 1.82) is 0 Å². The van der Waals surface area contributed by atoms with Crippen molar-refractivity contribution in [3.8, 4) is 0 Å². The lowest BCUT2D eigenvalue weighted by molar-refractivity contribution is -0.143. The van der Waals surface area contributed by atoms with Crippen LogP contribution in [0.25, 0.3) is 0 Å². The number of carbonyl (C=O) groups excluding carboxylic acids is 1. The van der Waals surface area contributed by atoms with Crippen LogP contribution in [0.2, 0.25) is 0 Å². The Morgan fingerprint density at radius 3 is 2.50 bits per heavy atom. The maximum absolute atomic E-state index is 12.5. The number of hydrogen-bond acceptors (Lipinski definition) is 5. The van der Waals surface area contributed by atoms with Crippen molar-refractivity contribution < 1.29 is 27.9 Å². The SMILES string of the molecule is COCCS(=O)(=O)c1ccc(C(=O)N2CCCCC2C(=O)O)cc1. The summed E-state index contributed by atoms with van der Waals surface area (Å²) < 4.78 is 28.9. The second kappa shape index (κ2) is 7.76. The molecule has 132 valence electrons. The molecular formula is C16H21NO6S. The van der Waals surface area contributed by atoms with Gasteiger partial charge in [0.05, 0.1) is 17.3 Å². The third-order valence-corrected chi connectivity index (χ3v) is 5.76. The van der Waals surface area contributed by atoms with Gasteiger partial charge in [-0.05, 0) is 43.5 Å². The van der Waals surface area contributed by atoms with Crippen molar-refractivity contribution in [3.63, 3.8) is 0 Å². The highest BCUT2D eigenvalue weighted by atomic mass is 32.2. The molecule has 0 bridgehead atoms. The first-order valence-corrected chi connectivity index (χ1v) is 9.37. The minimum absolute atomic E-state index is 0.0943. The van der Waals surface area contributed by atoms with Crippen LogP contribution in [0.3, 0.4) is 0 Å². The predicted octanol–water partition coefficient (Wildman–Crippen LogP) is 1.19. The van der Waals surface area contributed by atoms with Crippen LogP contribution < -0.4 is 0 Å². The third kappa shape index (κ3) is 4.12. The number of likely N-dealkylation sites (tertiary alicyclic amines) is 1. The van der Waals surface area contributed by atoms with E-state index >= 15 is 0 Å². The molecule has 0 aromatic heterocycles. The molecule has 1 aliphatic heterocycles. The number of piperidine rings is 1. The third-order valence-electron chi connectivity index (χ3n) is 4.07. The van der Waals surface area contributed by atoms with Gasteiger partial charge in [-0.3, -0.25) is 4.79 Å². The molecule has 8 heteroatoms. The lowest BCUT2D eigenvalue weighted by Crippen LogP contribution is -2.47. The fourth-order valence-electron chi connectivity index (χ4n) is 2.71. The molecule has 1 amide bonds. The van der Waals surface area contributed by atoms with E-state index < -0.39 is 21.8 Å². The molecule has 1 aromatic rings. The van der Waals surface area contributed by atoms with Crippen LogP contribution in [0, 0.1) is 0 Å². The van der Waals surface area contributed by atoms with Crippen molar-refractivity contribution in [1.82, 2.24) is 4.90 Å². The zero-order chi connectivity index (χ0) is 17.7. The molecule has 0 aliphatic carbocycles. The summed E-state index contributed by atoms with van der Waals surface area (Å²) in [7, 11) is -2.03. The number of amides is 1. The van der Waals surface area contributed by atoms with Crippen molar-refractivity contribution >= 4 is 21.7 Å². The van der Waals surface area contributed by atoms with E-state index in [9.17, 15) is 23.1 Å². The van der Waals surface area contributed by atoms with Gasteiger partial charge in [-0.2, -0.15) is 0 Å². The molecule has 1 unspecified atom stereocenters. The van der Waals surface area contributed by atoms with Gasteiger partial charge in [0.15, 0.2) is 9.84 Å². The normalized spacial score (nSPS) is 18.4. The number of carboxylic acid groups (broad SMARTS) is 1. The van der Waals surface area contributed by atoms with E-state index in [0.29, 0.717) is 13.0 Å². The molecule has 1 heterocycles. The number of hydrogen-bond donors (Lipinski definition) is 1. The zero-order valence-corrected chi connectivity index (χ0v) is 14.3. The van der Waals surface area contributed by atoms with E-state index in [4.69, 9.17) is 4.74 Å². The topological polar surface area (TPSA) is 101 Å². The summed E-state index contributed by atoms with van der Waals surface area (Å²) in [5.41, 5.74) is 0.286. The van der Waals surface area contributed by atoms with Crippen LogP contribution in [-0.4, -0.2) is 62.4 Å². The fourth-order valence-corrected chi connectivity index (χ4v) is 3.89. The Morgan fingerprint density at radius 1 is 1.25 bits per heavy atom. The molecule has 2 rings (SSSR count). The first kappa shape index (κ1) is 18.4. The second-order valence-electron chi connectivity index (χ2n) is 5.68. The molecule has 1 aliphatic rings. The number of benzene rings is 1. The van der Waals surface area contributed by atoms with Gasteiger partial charge in [-0.15, -0.1) is 0 Å². The van der Waals surface area contributed by atoms with E-state index in [2.05, 4.69) is 0 Å². The standard InChI is InChI=1S/C16H21NO6S/c1-23-10-11-24(21,22)13-7-5-12(6-8-13)15(18)17-9-3-2-4-14(17)16(19)20/h5-8,14H,2-4,9-11H2,1H3,(H,19,20). The fraction of sp³-hybridized carbons (Fsp3) is 0.500. The average Bonchev–Trinajstić information content (AvgIpc) is 2.59. The highest BCUT2D eigenvalue weighted by Crippen LogP contribution is 2.21. The number of aliphatic carboxylic acids is 1. The number of carbonyl (C=O) groups is 2. The van der Waals surface area contributed by atoms with Crippen LogP contribution in [0.4, 0.5) is 0 Å². The molecule has 0 radical (unpaired) electrons. The first-order chi connectivity index (χ1) is 11.4. The second-order valence-corrected chi connectivity index (χ2v) is 7.79. The monoisotopic (exact) mass is 355 g/mol. The highest BCUT2D eigenvalue weighted by Gasteiger charge is 2.32. The smallest absolute Gasteiger partial charge is 0.326 e. The summed E-state index contributed by atoms with van der Waals surface area (Å²) in [5, 5.41) is 9.25. The van der Waals surface area contributed by atoms with E-state index in [1.807, 2.05) is 0 Å². The Morgan fingerprint density at radius 2 is 1.92 bits per heavy atom. The molecule has 0 saturated carbocycles. The molecular weight excluding hydrogens is 334 g/mol. The number of sulfone groups is 1. The van der Waals surface area contributed by atoms with E-state index in [-0.39, 0.29) is 28.7 Å². The van der Waals surface area contributed by atoms with Gasteiger partial charge in [0.2, 0.25) is 0 Å². The van der Waals surface area contributed by atoms with E-state index in [0.717, 1.165) is 12.8 Å². The lowest BCUT2D eigenvalue weighted by Gasteiger charge is -2.33. The summed E-state index contributed by atoms with van der Waals surface area (Å²) in [5.74, 6) is -1.53. The number of ether oxygens (including phenoxy) is 1. The Labute approximate surface area is 141 Å². The summed E-state index contributed by atoms with van der Waals surface area (Å²) in [6.45, 7) is 0.487. The van der Waals surface area contributed by atoms with Crippen LogP contribution in [0.15, 0.2) is 29.2 Å². The lowest BCUT2D eigenvalue weighted by atomic mass is 10.0. The van der Waals surface area contributed by atoms with E-state index in [1.165, 1.54) is 36.3 Å². The van der Waals surface area contributed by atoms with Crippen LogP contribution in [0.5, 0.6) is 0 Å². The molecule has 1 atom stereocenters. The minimum Gasteiger partial charge on any atom is -0.480 e. The molecule has 7 nitrogen and oxygen atoms in total. The Hall–Kier alpha value is -1.93. The van der Waals surface area contributed by atoms with Crippen LogP contribution >= 0.6 is 0 Å². The van der Waals surface area contributed by atoms with Gasteiger partial charge >= 0.3 is 5.97 Å². The molecule has 1 saturated heterocycles. The van der Waals surface area contributed by atoms with Gasteiger partial charge in [0.1, 0.15) is 6.04 Å². The minimum atomic E-state index is -3.46. The Balaban J connectivity index is 2.18. The summed E-state index contributed by atoms with van der Waals surface area (Å²) in [6.07, 6.45) is 1.97. The summed E-state index contributed by atoms with van der Waals surface area (Å²) in [6, 6.07) is 4.78. The largest absolute Gasteiger partial charge is 0.480 e. The molecule has 0 spiro atoms. The van der Waals surface area contributed by atoms with Crippen molar-refractivity contribution in [3.05, 3.63) is 29.8 Å². The van der Waals surface area contributed by atoms with Gasteiger partial charge in [0.25, 0.3) is 5.91 Å². The van der Waals surface area contributed by atoms with Gasteiger partial charge in [-0.25, -0.2) is 13.2 Å². The molecule has 24 heavy (non-hydrogen) atoms. The molecule has 1 aromatic carbocycles. The van der Waals surface area contributed by atoms with Gasteiger partial charge in [-0.1, -0.05) is 0 Å². The quantitative estimate of drug-likeness (QED) is 0.822. The molecule has 1 fully saturated rings. The van der Waals surface area contributed by atoms with Gasteiger partial charge in [0, 0.05) is 19.2 Å².